The normalized spacial score (nSPS) is 12.6. The number of fused-ring (bicyclic) bond motifs is 1. The zero-order valence-electron chi connectivity index (χ0n) is 10.6. The Morgan fingerprint density at radius 2 is 1.95 bits per heavy atom. The predicted molar refractivity (Wildman–Crippen MR) is 81.9 cm³/mol. The minimum atomic E-state index is -0.397. The number of halogens is 2. The van der Waals surface area contributed by atoms with Gasteiger partial charge in [-0.2, -0.15) is 0 Å². The lowest BCUT2D eigenvalue weighted by molar-refractivity contribution is 0.616. The van der Waals surface area contributed by atoms with Crippen LogP contribution in [0.4, 0.5) is 4.39 Å². The van der Waals surface area contributed by atoms with Crippen LogP contribution in [0.1, 0.15) is 17.2 Å². The van der Waals surface area contributed by atoms with Crippen molar-refractivity contribution in [3.8, 4) is 0 Å². The Balaban J connectivity index is 2.08. The first kappa shape index (κ1) is 13.2. The van der Waals surface area contributed by atoms with Crippen molar-refractivity contribution in [3.05, 3.63) is 76.1 Å². The summed E-state index contributed by atoms with van der Waals surface area (Å²) in [6.07, 6.45) is 1.75. The first-order chi connectivity index (χ1) is 9.66. The third-order valence-electron chi connectivity index (χ3n) is 3.31. The number of hydrogen-bond acceptors (Lipinski definition) is 2. The topological polar surface area (TPSA) is 38.9 Å². The molecule has 3 rings (SSSR count). The summed E-state index contributed by atoms with van der Waals surface area (Å²) in [5, 5.41) is 1.06. The van der Waals surface area contributed by atoms with Crippen LogP contribution in [-0.4, -0.2) is 4.98 Å². The van der Waals surface area contributed by atoms with Gasteiger partial charge in [0.1, 0.15) is 5.82 Å². The molecule has 0 amide bonds. The molecule has 1 aromatic heterocycles. The first-order valence-electron chi connectivity index (χ1n) is 6.21. The summed E-state index contributed by atoms with van der Waals surface area (Å²) in [4.78, 5) is 4.32. The molecule has 1 heterocycles. The van der Waals surface area contributed by atoms with Crippen LogP contribution in [0.3, 0.4) is 0 Å². The van der Waals surface area contributed by atoms with Crippen molar-refractivity contribution in [2.75, 3.05) is 0 Å². The lowest BCUT2D eigenvalue weighted by atomic mass is 9.98. The summed E-state index contributed by atoms with van der Waals surface area (Å²) in [5.41, 5.74) is 8.76. The summed E-state index contributed by atoms with van der Waals surface area (Å²) in [6.45, 7) is 0. The van der Waals surface area contributed by atoms with E-state index in [2.05, 4.69) is 20.9 Å². The summed E-state index contributed by atoms with van der Waals surface area (Å²) in [6, 6.07) is 14.2. The second-order valence-corrected chi connectivity index (χ2v) is 5.37. The van der Waals surface area contributed by atoms with Gasteiger partial charge in [0, 0.05) is 11.6 Å². The molecule has 0 spiro atoms. The van der Waals surface area contributed by atoms with Gasteiger partial charge >= 0.3 is 0 Å². The predicted octanol–water partition coefficient (Wildman–Crippen LogP) is 4.18. The second kappa shape index (κ2) is 5.31. The van der Waals surface area contributed by atoms with Gasteiger partial charge in [0.25, 0.3) is 0 Å². The maximum Gasteiger partial charge on any atom is 0.137 e. The Bertz CT molecular complexity index is 773. The average Bonchev–Trinajstić information content (AvgIpc) is 2.49. The first-order valence-corrected chi connectivity index (χ1v) is 7.00. The van der Waals surface area contributed by atoms with Crippen molar-refractivity contribution < 1.29 is 4.39 Å². The molecule has 0 radical (unpaired) electrons. The van der Waals surface area contributed by atoms with Gasteiger partial charge in [-0.3, -0.25) is 4.98 Å². The Morgan fingerprint density at radius 3 is 2.80 bits per heavy atom. The zero-order chi connectivity index (χ0) is 14.1. The number of aromatic nitrogens is 1. The van der Waals surface area contributed by atoms with Gasteiger partial charge in [-0.05, 0) is 45.3 Å². The van der Waals surface area contributed by atoms with Crippen LogP contribution >= 0.6 is 15.9 Å². The van der Waals surface area contributed by atoms with Crippen molar-refractivity contribution in [3.63, 3.8) is 0 Å². The fraction of sp³-hybridized carbons (Fsp3) is 0.0625. The Labute approximate surface area is 124 Å². The molecule has 3 aromatic rings. The van der Waals surface area contributed by atoms with Crippen molar-refractivity contribution >= 4 is 26.8 Å². The third kappa shape index (κ3) is 2.32. The highest BCUT2D eigenvalue weighted by molar-refractivity contribution is 9.10. The van der Waals surface area contributed by atoms with E-state index in [0.717, 1.165) is 22.0 Å². The molecular weight excluding hydrogens is 319 g/mol. The monoisotopic (exact) mass is 330 g/mol. The number of hydrogen-bond donors (Lipinski definition) is 1. The number of rotatable bonds is 2. The maximum absolute atomic E-state index is 13.6. The fourth-order valence-electron chi connectivity index (χ4n) is 2.22. The van der Waals surface area contributed by atoms with E-state index in [1.165, 1.54) is 6.07 Å². The largest absolute Gasteiger partial charge is 0.320 e. The SMILES string of the molecule is NC(c1ccc2cccnc2c1)c1cccc(F)c1Br. The molecule has 0 fully saturated rings. The van der Waals surface area contributed by atoms with E-state index >= 15 is 0 Å². The standard InChI is InChI=1S/C16H12BrFN2/c17-15-12(4-1-5-13(15)18)16(19)11-7-6-10-3-2-8-20-14(10)9-11/h1-9,16H,19H2. The maximum atomic E-state index is 13.6. The molecule has 0 aliphatic carbocycles. The molecule has 20 heavy (non-hydrogen) atoms. The molecule has 2 N–H and O–H groups in total. The molecule has 0 aliphatic heterocycles. The van der Waals surface area contributed by atoms with E-state index < -0.39 is 6.04 Å². The van der Waals surface area contributed by atoms with Gasteiger partial charge in [-0.25, -0.2) is 4.39 Å². The molecular formula is C16H12BrFN2. The number of nitrogens with zero attached hydrogens (tertiary/aromatic N) is 1. The second-order valence-electron chi connectivity index (χ2n) is 4.58. The van der Waals surface area contributed by atoms with Gasteiger partial charge < -0.3 is 5.73 Å². The average molecular weight is 331 g/mol. The highest BCUT2D eigenvalue weighted by Gasteiger charge is 2.15. The summed E-state index contributed by atoms with van der Waals surface area (Å²) < 4.78 is 14.0. The van der Waals surface area contributed by atoms with E-state index in [1.54, 1.807) is 12.3 Å². The highest BCUT2D eigenvalue weighted by atomic mass is 79.9. The van der Waals surface area contributed by atoms with E-state index in [4.69, 9.17) is 5.73 Å². The van der Waals surface area contributed by atoms with Gasteiger partial charge in [0.05, 0.1) is 16.0 Å². The van der Waals surface area contributed by atoms with Crippen LogP contribution in [0.25, 0.3) is 10.9 Å². The molecule has 100 valence electrons. The summed E-state index contributed by atoms with van der Waals surface area (Å²) in [7, 11) is 0. The van der Waals surface area contributed by atoms with Gasteiger partial charge in [-0.1, -0.05) is 30.3 Å². The molecule has 0 saturated carbocycles. The van der Waals surface area contributed by atoms with Gasteiger partial charge in [0.2, 0.25) is 0 Å². The minimum absolute atomic E-state index is 0.308. The van der Waals surface area contributed by atoms with Crippen LogP contribution in [0.2, 0.25) is 0 Å². The molecule has 1 atom stereocenters. The number of pyridine rings is 1. The number of nitrogens with two attached hydrogens (primary N) is 1. The zero-order valence-corrected chi connectivity index (χ0v) is 12.1. The van der Waals surface area contributed by atoms with Gasteiger partial charge in [-0.15, -0.1) is 0 Å². The van der Waals surface area contributed by atoms with E-state index in [0.29, 0.717) is 4.47 Å². The van der Waals surface area contributed by atoms with Crippen LogP contribution < -0.4 is 5.73 Å². The van der Waals surface area contributed by atoms with Crippen molar-refractivity contribution in [2.45, 2.75) is 6.04 Å². The quantitative estimate of drug-likeness (QED) is 0.765. The Hall–Kier alpha value is -1.78. The van der Waals surface area contributed by atoms with Crippen LogP contribution in [0.15, 0.2) is 59.2 Å². The van der Waals surface area contributed by atoms with Gasteiger partial charge in [0.15, 0.2) is 0 Å². The van der Waals surface area contributed by atoms with Crippen LogP contribution in [0.5, 0.6) is 0 Å². The van der Waals surface area contributed by atoms with E-state index in [1.807, 2.05) is 36.4 Å². The van der Waals surface area contributed by atoms with E-state index in [9.17, 15) is 4.39 Å². The van der Waals surface area contributed by atoms with Crippen molar-refractivity contribution in [1.82, 2.24) is 4.98 Å². The summed E-state index contributed by atoms with van der Waals surface area (Å²) >= 11 is 3.26. The van der Waals surface area contributed by atoms with E-state index in [-0.39, 0.29) is 5.82 Å². The van der Waals surface area contributed by atoms with Crippen LogP contribution in [-0.2, 0) is 0 Å². The molecule has 4 heteroatoms. The molecule has 0 aliphatic rings. The third-order valence-corrected chi connectivity index (χ3v) is 4.14. The highest BCUT2D eigenvalue weighted by Crippen LogP contribution is 2.29. The van der Waals surface area contributed by atoms with Crippen LogP contribution in [0, 0.1) is 5.82 Å². The lowest BCUT2D eigenvalue weighted by Gasteiger charge is -2.15. The fourth-order valence-corrected chi connectivity index (χ4v) is 2.73. The molecule has 2 aromatic carbocycles. The Kier molecular flexibility index (Phi) is 3.51. The molecule has 1 unspecified atom stereocenters. The smallest absolute Gasteiger partial charge is 0.137 e. The van der Waals surface area contributed by atoms with Crippen molar-refractivity contribution in [1.29, 1.82) is 0 Å². The Morgan fingerprint density at radius 1 is 1.10 bits per heavy atom. The lowest BCUT2D eigenvalue weighted by Crippen LogP contribution is -2.13. The molecule has 0 bridgehead atoms. The van der Waals surface area contributed by atoms with Crippen molar-refractivity contribution in [2.24, 2.45) is 5.73 Å². The molecule has 0 saturated heterocycles. The summed E-state index contributed by atoms with van der Waals surface area (Å²) in [5.74, 6) is -0.308. The molecule has 2 nitrogen and oxygen atoms in total. The number of benzene rings is 2. The minimum Gasteiger partial charge on any atom is -0.320 e.